The van der Waals surface area contributed by atoms with Crippen molar-refractivity contribution in [3.8, 4) is 0 Å². The third-order valence-electron chi connectivity index (χ3n) is 14.9. The highest BCUT2D eigenvalue weighted by Gasteiger charge is 2.57. The third-order valence-corrected chi connectivity index (χ3v) is 14.9. The number of benzene rings is 4. The Labute approximate surface area is 417 Å². The van der Waals surface area contributed by atoms with Gasteiger partial charge >= 0.3 is 0 Å². The number of aliphatic hydroxyl groups is 1. The molecule has 72 heavy (non-hydrogen) atoms. The second-order valence-corrected chi connectivity index (χ2v) is 20.8. The molecule has 2 aromatic heterocycles. The van der Waals surface area contributed by atoms with Crippen molar-refractivity contribution in [3.05, 3.63) is 131 Å². The van der Waals surface area contributed by atoms with E-state index in [1.54, 1.807) is 17.0 Å². The Morgan fingerprint density at radius 2 is 1.10 bits per heavy atom. The first kappa shape index (κ1) is 49.4. The van der Waals surface area contributed by atoms with E-state index < -0.39 is 35.0 Å². The lowest BCUT2D eigenvalue weighted by molar-refractivity contribution is -0.137. The highest BCUT2D eigenvalue weighted by molar-refractivity contribution is 6.09. The molecular weight excluding hydrogens is 913 g/mol. The van der Waals surface area contributed by atoms with E-state index in [1.807, 2.05) is 126 Å². The highest BCUT2D eigenvalue weighted by Crippen LogP contribution is 2.48. The topological polar surface area (TPSA) is 226 Å². The number of anilines is 2. The number of aliphatic hydroxyl groups excluding tert-OH is 1. The van der Waals surface area contributed by atoms with Crippen LogP contribution in [0.3, 0.4) is 0 Å². The predicted octanol–water partition coefficient (Wildman–Crippen LogP) is 6.41. The minimum Gasteiger partial charge on any atom is -0.394 e. The average Bonchev–Trinajstić information content (AvgIpc) is 4.22. The molecule has 4 aromatic carbocycles. The van der Waals surface area contributed by atoms with Crippen LogP contribution in [0.15, 0.2) is 97.1 Å². The number of aromatic amines is 2. The fraction of sp³-hybridized carbons (Fsp3) is 0.375. The average molecular weight is 975 g/mol. The summed E-state index contributed by atoms with van der Waals surface area (Å²) in [6, 6.07) is 27.2. The fourth-order valence-electron chi connectivity index (χ4n) is 11.3. The van der Waals surface area contributed by atoms with Crippen LogP contribution < -0.4 is 21.3 Å². The molecule has 6 heterocycles. The van der Waals surface area contributed by atoms with E-state index in [1.165, 1.54) is 4.90 Å². The summed E-state index contributed by atoms with van der Waals surface area (Å²) in [5.41, 5.74) is 5.80. The summed E-state index contributed by atoms with van der Waals surface area (Å²) >= 11 is 0. The number of nitrogens with one attached hydrogen (secondary N) is 6. The van der Waals surface area contributed by atoms with Gasteiger partial charge in [0.25, 0.3) is 11.8 Å². The predicted molar refractivity (Wildman–Crippen MR) is 274 cm³/mol. The van der Waals surface area contributed by atoms with E-state index in [9.17, 15) is 38.7 Å². The van der Waals surface area contributed by atoms with Gasteiger partial charge in [-0.05, 0) is 110 Å². The second kappa shape index (κ2) is 19.5. The molecule has 0 bridgehead atoms. The van der Waals surface area contributed by atoms with Crippen molar-refractivity contribution in [2.75, 3.05) is 30.3 Å². The number of aldehydes is 1. The molecule has 0 aliphatic carbocycles. The molecule has 2 saturated heterocycles. The van der Waals surface area contributed by atoms with Crippen molar-refractivity contribution >= 4 is 74.9 Å². The monoisotopic (exact) mass is 974 g/mol. The van der Waals surface area contributed by atoms with Crippen LogP contribution >= 0.6 is 0 Å². The molecule has 4 aliphatic heterocycles. The molecule has 6 aromatic rings. The van der Waals surface area contributed by atoms with Gasteiger partial charge in [-0.15, -0.1) is 0 Å². The molecule has 7 N–H and O–H groups in total. The Bertz CT molecular complexity index is 3140. The summed E-state index contributed by atoms with van der Waals surface area (Å²) in [6.45, 7) is 11.9. The number of carbonyl (C=O) groups is 7. The van der Waals surface area contributed by atoms with Gasteiger partial charge in [-0.3, -0.25) is 28.8 Å². The summed E-state index contributed by atoms with van der Waals surface area (Å²) in [6.07, 6.45) is 2.13. The van der Waals surface area contributed by atoms with E-state index in [-0.39, 0.29) is 73.4 Å². The Balaban J connectivity index is 0.000000178. The Morgan fingerprint density at radius 3 is 1.54 bits per heavy atom. The number of aryl methyl sites for hydroxylation is 2. The highest BCUT2D eigenvalue weighted by atomic mass is 16.3. The van der Waals surface area contributed by atoms with Crippen molar-refractivity contribution in [1.82, 2.24) is 30.4 Å². The maximum atomic E-state index is 13.9. The minimum absolute atomic E-state index is 0.0914. The van der Waals surface area contributed by atoms with Gasteiger partial charge in [-0.2, -0.15) is 0 Å². The van der Waals surface area contributed by atoms with Crippen LogP contribution in [0.25, 0.3) is 21.8 Å². The molecule has 4 aliphatic rings. The lowest BCUT2D eigenvalue weighted by atomic mass is 9.79. The fourth-order valence-corrected chi connectivity index (χ4v) is 11.3. The van der Waals surface area contributed by atoms with E-state index >= 15 is 0 Å². The number of carbonyl (C=O) groups excluding carboxylic acids is 7. The molecule has 2 fully saturated rings. The van der Waals surface area contributed by atoms with Crippen molar-refractivity contribution in [3.63, 3.8) is 0 Å². The number of para-hydroxylation sites is 2. The van der Waals surface area contributed by atoms with E-state index in [2.05, 4.69) is 31.2 Å². The lowest BCUT2D eigenvalue weighted by Crippen LogP contribution is -2.52. The number of hydrogen-bond acceptors (Lipinski definition) is 8. The van der Waals surface area contributed by atoms with Gasteiger partial charge in [0.05, 0.1) is 29.5 Å². The van der Waals surface area contributed by atoms with Crippen LogP contribution in [0.5, 0.6) is 0 Å². The molecule has 374 valence electrons. The normalized spacial score (nSPS) is 21.7. The Hall–Kier alpha value is -7.59. The first-order valence-corrected chi connectivity index (χ1v) is 24.7. The summed E-state index contributed by atoms with van der Waals surface area (Å²) in [5, 5.41) is 23.7. The van der Waals surface area contributed by atoms with Gasteiger partial charge in [0.15, 0.2) is 0 Å². The molecule has 6 amide bonds. The number of H-pyrrole nitrogens is 2. The van der Waals surface area contributed by atoms with Crippen LogP contribution in [0.2, 0.25) is 0 Å². The van der Waals surface area contributed by atoms with E-state index in [0.29, 0.717) is 36.3 Å². The molecule has 16 heteroatoms. The van der Waals surface area contributed by atoms with Gasteiger partial charge in [0.2, 0.25) is 23.6 Å². The van der Waals surface area contributed by atoms with Crippen LogP contribution in [-0.4, -0.2) is 110 Å². The molecule has 0 radical (unpaired) electrons. The summed E-state index contributed by atoms with van der Waals surface area (Å²) in [5.74, 6) is -1.48. The molecular formula is C56H62N8O8. The zero-order chi connectivity index (χ0) is 51.2. The molecule has 2 spiro atoms. The number of nitrogens with zero attached hydrogens (tertiary/aromatic N) is 2. The third kappa shape index (κ3) is 8.92. The Kier molecular flexibility index (Phi) is 13.4. The number of likely N-dealkylation sites (tertiary alicyclic amines) is 2. The van der Waals surface area contributed by atoms with Gasteiger partial charge in [0, 0.05) is 46.3 Å². The van der Waals surface area contributed by atoms with Gasteiger partial charge in [-0.1, -0.05) is 88.4 Å². The maximum absolute atomic E-state index is 13.9. The quantitative estimate of drug-likeness (QED) is 0.0677. The van der Waals surface area contributed by atoms with Crippen LogP contribution in [0.1, 0.15) is 96.6 Å². The Morgan fingerprint density at radius 1 is 0.653 bits per heavy atom. The molecule has 10 rings (SSSR count). The summed E-state index contributed by atoms with van der Waals surface area (Å²) in [7, 11) is 0. The summed E-state index contributed by atoms with van der Waals surface area (Å²) < 4.78 is 0. The molecule has 0 unspecified atom stereocenters. The lowest BCUT2D eigenvalue weighted by Gasteiger charge is -2.29. The number of aromatic nitrogens is 2. The first-order valence-electron chi connectivity index (χ1n) is 24.7. The molecule has 6 atom stereocenters. The van der Waals surface area contributed by atoms with Crippen LogP contribution in [0, 0.1) is 25.7 Å². The molecule has 16 nitrogen and oxygen atoms in total. The smallest absolute Gasteiger partial charge is 0.268 e. The minimum atomic E-state index is -0.973. The number of rotatable bonds is 12. The van der Waals surface area contributed by atoms with Crippen molar-refractivity contribution in [1.29, 1.82) is 0 Å². The van der Waals surface area contributed by atoms with E-state index in [4.69, 9.17) is 0 Å². The SMILES string of the molecule is Cc1cccc2[nH]c(C(=O)N[C@@H](CC(C)C)C(=O)N3C[C@]4(C[C@H]3C=O)C(=O)Nc3ccccc34)cc12.Cc1cccc2[nH]c(C(=O)N[C@@H](CC(C)C)C(=O)N3C[C@]4(C[C@H]3CO)C(=O)Nc3ccccc34)cc12. The number of amides is 6. The summed E-state index contributed by atoms with van der Waals surface area (Å²) in [4.78, 5) is 102. The zero-order valence-corrected chi connectivity index (χ0v) is 41.4. The van der Waals surface area contributed by atoms with Crippen molar-refractivity contribution in [2.24, 2.45) is 11.8 Å². The van der Waals surface area contributed by atoms with Crippen molar-refractivity contribution in [2.45, 2.75) is 102 Å². The number of hydrogen-bond donors (Lipinski definition) is 7. The van der Waals surface area contributed by atoms with E-state index in [0.717, 1.165) is 56.0 Å². The van der Waals surface area contributed by atoms with Gasteiger partial charge in [0.1, 0.15) is 29.8 Å². The van der Waals surface area contributed by atoms with Crippen LogP contribution in [-0.2, 0) is 34.8 Å². The van der Waals surface area contributed by atoms with Crippen molar-refractivity contribution < 1.29 is 38.7 Å². The van der Waals surface area contributed by atoms with Gasteiger partial charge < -0.3 is 50.9 Å². The van der Waals surface area contributed by atoms with Gasteiger partial charge in [-0.25, -0.2) is 0 Å². The standard InChI is InChI=1S/C28H32N4O4.C28H30N4O4/c2*1-16(2)11-24(30-25(34)23-12-19-17(3)7-6-10-21(19)29-23)26(35)32-15-28(13-18(32)14-33)20-8-4-5-9-22(20)31-27(28)36/h4-10,12,16,18,24,29,33H,11,13-15H2,1-3H3,(H,30,34)(H,31,36);4-10,12,14,16,18,24,29H,11,13,15H2,1-3H3,(H,30,34)(H,31,36)/t2*18-,24-,28-/m00/s1. The van der Waals surface area contributed by atoms with Crippen LogP contribution in [0.4, 0.5) is 11.4 Å². The maximum Gasteiger partial charge on any atom is 0.268 e. The number of fused-ring (bicyclic) bond motifs is 6. The zero-order valence-electron chi connectivity index (χ0n) is 41.4. The first-order chi connectivity index (χ1) is 34.5. The molecule has 0 saturated carbocycles. The second-order valence-electron chi connectivity index (χ2n) is 20.8. The largest absolute Gasteiger partial charge is 0.394 e.